The summed E-state index contributed by atoms with van der Waals surface area (Å²) in [6.45, 7) is 7.78. The van der Waals surface area contributed by atoms with E-state index < -0.39 is 0 Å². The molecular formula is C17H24ClN3O2. The highest BCUT2D eigenvalue weighted by Gasteiger charge is 2.26. The van der Waals surface area contributed by atoms with Gasteiger partial charge in [0.05, 0.1) is 16.4 Å². The van der Waals surface area contributed by atoms with Gasteiger partial charge < -0.3 is 19.9 Å². The van der Waals surface area contributed by atoms with Gasteiger partial charge in [0.1, 0.15) is 6.10 Å². The molecular weight excluding hydrogens is 314 g/mol. The van der Waals surface area contributed by atoms with E-state index in [0.29, 0.717) is 11.6 Å². The second kappa shape index (κ2) is 7.51. The van der Waals surface area contributed by atoms with Gasteiger partial charge in [0, 0.05) is 32.8 Å². The monoisotopic (exact) mass is 337 g/mol. The minimum absolute atomic E-state index is 0.0711. The molecule has 2 aliphatic rings. The van der Waals surface area contributed by atoms with Crippen molar-refractivity contribution in [1.82, 2.24) is 4.90 Å². The molecule has 1 aromatic rings. The summed E-state index contributed by atoms with van der Waals surface area (Å²) in [5.74, 6) is -0.0711. The molecule has 5 nitrogen and oxygen atoms in total. The summed E-state index contributed by atoms with van der Waals surface area (Å²) >= 11 is 6.44. The van der Waals surface area contributed by atoms with Crippen LogP contribution in [-0.4, -0.2) is 56.2 Å². The van der Waals surface area contributed by atoms with E-state index in [2.05, 4.69) is 22.0 Å². The molecule has 1 N–H and O–H groups in total. The number of benzene rings is 1. The highest BCUT2D eigenvalue weighted by atomic mass is 35.5. The summed E-state index contributed by atoms with van der Waals surface area (Å²) in [5, 5.41) is 3.69. The largest absolute Gasteiger partial charge is 0.368 e. The lowest BCUT2D eigenvalue weighted by molar-refractivity contribution is -0.124. The fourth-order valence-electron chi connectivity index (χ4n) is 3.22. The van der Waals surface area contributed by atoms with Gasteiger partial charge >= 0.3 is 0 Å². The summed E-state index contributed by atoms with van der Waals surface area (Å²) in [6, 6.07) is 5.67. The first kappa shape index (κ1) is 16.6. The zero-order valence-corrected chi connectivity index (χ0v) is 14.3. The predicted molar refractivity (Wildman–Crippen MR) is 93.4 cm³/mol. The Morgan fingerprint density at radius 3 is 2.78 bits per heavy atom. The Kier molecular flexibility index (Phi) is 5.41. The molecule has 0 saturated carbocycles. The third kappa shape index (κ3) is 3.79. The highest BCUT2D eigenvalue weighted by molar-refractivity contribution is 6.34. The number of carbonyl (C=O) groups is 1. The number of halogens is 1. The molecule has 2 fully saturated rings. The normalized spacial score (nSPS) is 22.3. The molecule has 3 rings (SSSR count). The molecule has 1 aromatic carbocycles. The van der Waals surface area contributed by atoms with Crippen LogP contribution in [0.15, 0.2) is 18.2 Å². The van der Waals surface area contributed by atoms with Gasteiger partial charge in [-0.05, 0) is 31.5 Å². The molecule has 2 aliphatic heterocycles. The first-order valence-corrected chi connectivity index (χ1v) is 8.75. The van der Waals surface area contributed by atoms with Crippen LogP contribution in [0, 0.1) is 0 Å². The number of para-hydroxylation sites is 1. The van der Waals surface area contributed by atoms with Crippen LogP contribution in [0.5, 0.6) is 0 Å². The van der Waals surface area contributed by atoms with Gasteiger partial charge in [-0.25, -0.2) is 0 Å². The third-order valence-electron chi connectivity index (χ3n) is 4.60. The van der Waals surface area contributed by atoms with E-state index in [1.54, 1.807) is 0 Å². The summed E-state index contributed by atoms with van der Waals surface area (Å²) in [5.41, 5.74) is 1.71. The summed E-state index contributed by atoms with van der Waals surface area (Å²) < 4.78 is 5.47. The van der Waals surface area contributed by atoms with E-state index in [9.17, 15) is 4.79 Å². The van der Waals surface area contributed by atoms with E-state index in [1.165, 1.54) is 0 Å². The Morgan fingerprint density at radius 1 is 1.35 bits per heavy atom. The zero-order chi connectivity index (χ0) is 16.2. The van der Waals surface area contributed by atoms with Crippen molar-refractivity contribution >= 4 is 28.9 Å². The summed E-state index contributed by atoms with van der Waals surface area (Å²) in [6.07, 6.45) is 1.40. The maximum Gasteiger partial charge on any atom is 0.253 e. The molecule has 0 radical (unpaired) electrons. The second-order valence-corrected chi connectivity index (χ2v) is 6.46. The quantitative estimate of drug-likeness (QED) is 0.917. The van der Waals surface area contributed by atoms with Crippen LogP contribution in [0.2, 0.25) is 5.02 Å². The molecule has 6 heteroatoms. The molecule has 0 aromatic heterocycles. The standard InChI is InChI=1S/C17H24ClN3O2/c1-2-20-8-10-21(11-9-20)16-13(18)5-3-6-14(16)19-17(22)15-7-4-12-23-15/h3,5-6,15H,2,4,7-12H2,1H3,(H,19,22)/t15-/m1/s1. The highest BCUT2D eigenvalue weighted by Crippen LogP contribution is 2.35. The minimum atomic E-state index is -0.334. The van der Waals surface area contributed by atoms with Gasteiger partial charge in [0.15, 0.2) is 0 Å². The van der Waals surface area contributed by atoms with Crippen LogP contribution in [0.25, 0.3) is 0 Å². The fraction of sp³-hybridized carbons (Fsp3) is 0.588. The number of amides is 1. The Balaban J connectivity index is 1.75. The molecule has 0 unspecified atom stereocenters. The van der Waals surface area contributed by atoms with Gasteiger partial charge in [-0.1, -0.05) is 24.6 Å². The maximum atomic E-state index is 12.4. The zero-order valence-electron chi connectivity index (χ0n) is 13.6. The number of ether oxygens (including phenoxy) is 1. The fourth-order valence-corrected chi connectivity index (χ4v) is 3.52. The van der Waals surface area contributed by atoms with Crippen LogP contribution in [-0.2, 0) is 9.53 Å². The number of carbonyl (C=O) groups excluding carboxylic acids is 1. The number of nitrogens with zero attached hydrogens (tertiary/aromatic N) is 2. The van der Waals surface area contributed by atoms with E-state index in [0.717, 1.165) is 56.9 Å². The number of hydrogen-bond donors (Lipinski definition) is 1. The first-order chi connectivity index (χ1) is 11.2. The summed E-state index contributed by atoms with van der Waals surface area (Å²) in [7, 11) is 0. The van der Waals surface area contributed by atoms with Crippen molar-refractivity contribution in [3.05, 3.63) is 23.2 Å². The average molecular weight is 338 g/mol. The van der Waals surface area contributed by atoms with Crippen LogP contribution in [0.3, 0.4) is 0 Å². The lowest BCUT2D eigenvalue weighted by atomic mass is 10.2. The van der Waals surface area contributed by atoms with Crippen molar-refractivity contribution in [3.63, 3.8) is 0 Å². The Bertz CT molecular complexity index is 553. The first-order valence-electron chi connectivity index (χ1n) is 8.37. The predicted octanol–water partition coefficient (Wildman–Crippen LogP) is 2.60. The molecule has 23 heavy (non-hydrogen) atoms. The number of hydrogen-bond acceptors (Lipinski definition) is 4. The van der Waals surface area contributed by atoms with Gasteiger partial charge in [-0.3, -0.25) is 4.79 Å². The minimum Gasteiger partial charge on any atom is -0.368 e. The van der Waals surface area contributed by atoms with Crippen LogP contribution >= 0.6 is 11.6 Å². The van der Waals surface area contributed by atoms with Gasteiger partial charge in [0.2, 0.25) is 0 Å². The van der Waals surface area contributed by atoms with Crippen LogP contribution in [0.1, 0.15) is 19.8 Å². The van der Waals surface area contributed by atoms with Gasteiger partial charge in [0.25, 0.3) is 5.91 Å². The Hall–Kier alpha value is -1.30. The van der Waals surface area contributed by atoms with Gasteiger partial charge in [-0.2, -0.15) is 0 Å². The SMILES string of the molecule is CCN1CCN(c2c(Cl)cccc2NC(=O)[C@H]2CCCO2)CC1. The molecule has 2 saturated heterocycles. The molecule has 0 spiro atoms. The molecule has 0 bridgehead atoms. The third-order valence-corrected chi connectivity index (χ3v) is 4.91. The van der Waals surface area contributed by atoms with Crippen molar-refractivity contribution in [3.8, 4) is 0 Å². The number of nitrogens with one attached hydrogen (secondary N) is 1. The van der Waals surface area contributed by atoms with E-state index >= 15 is 0 Å². The van der Waals surface area contributed by atoms with Crippen LogP contribution in [0.4, 0.5) is 11.4 Å². The number of piperazine rings is 1. The molecule has 1 atom stereocenters. The summed E-state index contributed by atoms with van der Waals surface area (Å²) in [4.78, 5) is 17.0. The average Bonchev–Trinajstić information content (AvgIpc) is 3.10. The number of anilines is 2. The maximum absolute atomic E-state index is 12.4. The lowest BCUT2D eigenvalue weighted by Crippen LogP contribution is -2.46. The van der Waals surface area contributed by atoms with Crippen molar-refractivity contribution in [2.24, 2.45) is 0 Å². The van der Waals surface area contributed by atoms with E-state index in [-0.39, 0.29) is 12.0 Å². The topological polar surface area (TPSA) is 44.8 Å². The van der Waals surface area contributed by atoms with Crippen LogP contribution < -0.4 is 10.2 Å². The van der Waals surface area contributed by atoms with Crippen molar-refractivity contribution in [2.45, 2.75) is 25.9 Å². The van der Waals surface area contributed by atoms with Crippen molar-refractivity contribution in [1.29, 1.82) is 0 Å². The Labute approximate surface area is 142 Å². The molecule has 2 heterocycles. The molecule has 126 valence electrons. The molecule has 0 aliphatic carbocycles. The molecule has 1 amide bonds. The lowest BCUT2D eigenvalue weighted by Gasteiger charge is -2.36. The van der Waals surface area contributed by atoms with E-state index in [4.69, 9.17) is 16.3 Å². The number of rotatable bonds is 4. The van der Waals surface area contributed by atoms with Crippen molar-refractivity contribution in [2.75, 3.05) is 49.5 Å². The number of likely N-dealkylation sites (N-methyl/N-ethyl adjacent to an activating group) is 1. The second-order valence-electron chi connectivity index (χ2n) is 6.05. The van der Waals surface area contributed by atoms with Gasteiger partial charge in [-0.15, -0.1) is 0 Å². The van der Waals surface area contributed by atoms with Crippen molar-refractivity contribution < 1.29 is 9.53 Å². The smallest absolute Gasteiger partial charge is 0.253 e. The van der Waals surface area contributed by atoms with E-state index in [1.807, 2.05) is 18.2 Å². The Morgan fingerprint density at radius 2 is 2.13 bits per heavy atom.